The van der Waals surface area contributed by atoms with Gasteiger partial charge in [0.05, 0.1) is 11.8 Å². The number of hydrogen-bond acceptors (Lipinski definition) is 4. The lowest BCUT2D eigenvalue weighted by Crippen LogP contribution is -2.52. The monoisotopic (exact) mass is 549 g/mol. The molecule has 0 spiro atoms. The zero-order valence-electron chi connectivity index (χ0n) is 16.4. The summed E-state index contributed by atoms with van der Waals surface area (Å²) in [4.78, 5) is 8.47. The van der Waals surface area contributed by atoms with Crippen molar-refractivity contribution >= 4 is 40.0 Å². The van der Waals surface area contributed by atoms with Gasteiger partial charge in [0.15, 0.2) is 5.96 Å². The molecule has 1 aliphatic heterocycles. The number of hydrogen-bond donors (Lipinski definition) is 2. The van der Waals surface area contributed by atoms with Crippen molar-refractivity contribution in [3.05, 3.63) is 35.4 Å². The minimum Gasteiger partial charge on any atom is -0.355 e. The highest BCUT2D eigenvalue weighted by molar-refractivity contribution is 14.0. The van der Waals surface area contributed by atoms with Gasteiger partial charge in [-0.3, -0.25) is 9.89 Å². The second-order valence-electron chi connectivity index (χ2n) is 6.60. The molecule has 2 rings (SSSR count). The first-order valence-corrected chi connectivity index (χ1v) is 10.8. The first-order valence-electron chi connectivity index (χ1n) is 8.87. The highest BCUT2D eigenvalue weighted by atomic mass is 127. The second-order valence-corrected chi connectivity index (χ2v) is 8.43. The molecule has 29 heavy (non-hydrogen) atoms. The van der Waals surface area contributed by atoms with Gasteiger partial charge in [0, 0.05) is 52.9 Å². The number of nitrogens with zero attached hydrogens (tertiary/aromatic N) is 3. The van der Waals surface area contributed by atoms with Crippen LogP contribution in [0.4, 0.5) is 13.2 Å². The molecule has 1 fully saturated rings. The average molecular weight is 549 g/mol. The topological polar surface area (TPSA) is 77.0 Å². The van der Waals surface area contributed by atoms with E-state index in [2.05, 4.69) is 24.8 Å². The first-order chi connectivity index (χ1) is 13.1. The van der Waals surface area contributed by atoms with Crippen LogP contribution in [0.15, 0.2) is 29.3 Å². The number of benzene rings is 1. The lowest BCUT2D eigenvalue weighted by molar-refractivity contribution is -0.137. The molecule has 0 saturated carbocycles. The maximum atomic E-state index is 12.6. The molecule has 1 heterocycles. The van der Waals surface area contributed by atoms with Crippen molar-refractivity contribution < 1.29 is 21.6 Å². The lowest BCUT2D eigenvalue weighted by atomic mass is 10.1. The molecule has 0 aliphatic carbocycles. The van der Waals surface area contributed by atoms with E-state index in [9.17, 15) is 21.6 Å². The van der Waals surface area contributed by atoms with Crippen LogP contribution in [0.3, 0.4) is 0 Å². The fraction of sp³-hybridized carbons (Fsp3) is 0.588. The summed E-state index contributed by atoms with van der Waals surface area (Å²) in [5.41, 5.74) is 0.206. The van der Waals surface area contributed by atoms with Gasteiger partial charge < -0.3 is 10.2 Å². The van der Waals surface area contributed by atoms with Gasteiger partial charge in [-0.2, -0.15) is 13.2 Å². The van der Waals surface area contributed by atoms with Gasteiger partial charge in [0.1, 0.15) is 0 Å². The SMILES string of the molecule is CN=C(NCCNS(C)(=O)=O)N1CCN(Cc2ccc(C(F)(F)F)cc2)CC1.I. The third kappa shape index (κ3) is 9.05. The Morgan fingerprint density at radius 1 is 1.10 bits per heavy atom. The molecule has 0 atom stereocenters. The van der Waals surface area contributed by atoms with E-state index in [1.807, 2.05) is 0 Å². The van der Waals surface area contributed by atoms with Crippen molar-refractivity contribution in [2.75, 3.05) is 52.6 Å². The van der Waals surface area contributed by atoms with E-state index in [4.69, 9.17) is 0 Å². The second kappa shape index (κ2) is 11.3. The molecule has 0 radical (unpaired) electrons. The molecule has 1 aromatic carbocycles. The van der Waals surface area contributed by atoms with E-state index < -0.39 is 21.8 Å². The van der Waals surface area contributed by atoms with Gasteiger partial charge in [-0.25, -0.2) is 13.1 Å². The summed E-state index contributed by atoms with van der Waals surface area (Å²) in [6, 6.07) is 5.26. The van der Waals surface area contributed by atoms with Gasteiger partial charge in [-0.1, -0.05) is 12.1 Å². The third-order valence-corrected chi connectivity index (χ3v) is 5.07. The van der Waals surface area contributed by atoms with E-state index in [0.29, 0.717) is 19.0 Å². The molecular formula is C17H27F3IN5O2S. The Morgan fingerprint density at radius 3 is 2.17 bits per heavy atom. The minimum atomic E-state index is -4.32. The van der Waals surface area contributed by atoms with Crippen LogP contribution in [0.2, 0.25) is 0 Å². The van der Waals surface area contributed by atoms with Crippen LogP contribution in [0.5, 0.6) is 0 Å². The van der Waals surface area contributed by atoms with Crippen LogP contribution in [0.25, 0.3) is 0 Å². The maximum absolute atomic E-state index is 12.6. The van der Waals surface area contributed by atoms with Gasteiger partial charge in [0.2, 0.25) is 10.0 Å². The quantitative estimate of drug-likeness (QED) is 0.244. The lowest BCUT2D eigenvalue weighted by Gasteiger charge is -2.36. The molecule has 7 nitrogen and oxygen atoms in total. The number of alkyl halides is 3. The number of aliphatic imine (C=N–C) groups is 1. The van der Waals surface area contributed by atoms with E-state index in [-0.39, 0.29) is 30.5 Å². The number of sulfonamides is 1. The molecule has 0 amide bonds. The molecule has 166 valence electrons. The molecule has 1 aromatic rings. The first kappa shape index (κ1) is 25.9. The fourth-order valence-corrected chi connectivity index (χ4v) is 3.39. The Balaban J connectivity index is 0.00000420. The van der Waals surface area contributed by atoms with Crippen LogP contribution in [0, 0.1) is 0 Å². The van der Waals surface area contributed by atoms with Crippen molar-refractivity contribution in [1.82, 2.24) is 19.8 Å². The van der Waals surface area contributed by atoms with Crippen LogP contribution in [-0.4, -0.2) is 76.7 Å². The van der Waals surface area contributed by atoms with Gasteiger partial charge in [-0.15, -0.1) is 24.0 Å². The molecule has 0 unspecified atom stereocenters. The summed E-state index contributed by atoms with van der Waals surface area (Å²) >= 11 is 0. The number of rotatable bonds is 6. The van der Waals surface area contributed by atoms with E-state index in [1.54, 1.807) is 7.05 Å². The number of nitrogens with one attached hydrogen (secondary N) is 2. The Hall–Kier alpha value is -1.12. The number of halogens is 4. The van der Waals surface area contributed by atoms with Crippen molar-refractivity contribution in [3.8, 4) is 0 Å². The number of guanidine groups is 1. The molecule has 1 aliphatic rings. The van der Waals surface area contributed by atoms with Gasteiger partial charge in [0.25, 0.3) is 0 Å². The van der Waals surface area contributed by atoms with E-state index in [0.717, 1.165) is 50.1 Å². The van der Waals surface area contributed by atoms with Crippen molar-refractivity contribution in [1.29, 1.82) is 0 Å². The summed E-state index contributed by atoms with van der Waals surface area (Å²) in [6.07, 6.45) is -3.21. The smallest absolute Gasteiger partial charge is 0.355 e. The average Bonchev–Trinajstić information content (AvgIpc) is 2.62. The number of piperazine rings is 1. The minimum absolute atomic E-state index is 0. The summed E-state index contributed by atoms with van der Waals surface area (Å²) in [5, 5.41) is 3.12. The maximum Gasteiger partial charge on any atom is 0.416 e. The largest absolute Gasteiger partial charge is 0.416 e. The zero-order valence-corrected chi connectivity index (χ0v) is 19.5. The van der Waals surface area contributed by atoms with Crippen LogP contribution < -0.4 is 10.0 Å². The molecule has 12 heteroatoms. The predicted octanol–water partition coefficient (Wildman–Crippen LogP) is 1.57. The standard InChI is InChI=1S/C17H26F3N5O2S.HI/c1-21-16(22-7-8-23-28(2,26)27)25-11-9-24(10-12-25)13-14-3-5-15(6-4-14)17(18,19)20;/h3-6,23H,7-13H2,1-2H3,(H,21,22);1H. The Bertz CT molecular complexity index is 764. The summed E-state index contributed by atoms with van der Waals surface area (Å²) in [7, 11) is -1.55. The van der Waals surface area contributed by atoms with Crippen LogP contribution in [-0.2, 0) is 22.7 Å². The summed E-state index contributed by atoms with van der Waals surface area (Å²) in [5.74, 6) is 0.699. The van der Waals surface area contributed by atoms with Crippen molar-refractivity contribution in [3.63, 3.8) is 0 Å². The van der Waals surface area contributed by atoms with Gasteiger partial charge >= 0.3 is 6.18 Å². The van der Waals surface area contributed by atoms with E-state index in [1.165, 1.54) is 12.1 Å². The summed E-state index contributed by atoms with van der Waals surface area (Å²) in [6.45, 7) is 4.24. The molecule has 1 saturated heterocycles. The van der Waals surface area contributed by atoms with Gasteiger partial charge in [-0.05, 0) is 17.7 Å². The molecular weight excluding hydrogens is 522 g/mol. The third-order valence-electron chi connectivity index (χ3n) is 4.34. The Morgan fingerprint density at radius 2 is 1.69 bits per heavy atom. The predicted molar refractivity (Wildman–Crippen MR) is 118 cm³/mol. The molecule has 2 N–H and O–H groups in total. The highest BCUT2D eigenvalue weighted by Gasteiger charge is 2.30. The van der Waals surface area contributed by atoms with Crippen LogP contribution in [0.1, 0.15) is 11.1 Å². The normalized spacial score (nSPS) is 16.4. The zero-order chi connectivity index (χ0) is 20.8. The van der Waals surface area contributed by atoms with Crippen LogP contribution >= 0.6 is 24.0 Å². The molecule has 0 aromatic heterocycles. The Labute approximate surface area is 186 Å². The molecule has 0 bridgehead atoms. The Kier molecular flexibility index (Phi) is 10.1. The van der Waals surface area contributed by atoms with Crippen molar-refractivity contribution in [2.24, 2.45) is 4.99 Å². The highest BCUT2D eigenvalue weighted by Crippen LogP contribution is 2.29. The fourth-order valence-electron chi connectivity index (χ4n) is 2.92. The van der Waals surface area contributed by atoms with E-state index >= 15 is 0 Å². The van der Waals surface area contributed by atoms with Crippen molar-refractivity contribution in [2.45, 2.75) is 12.7 Å². The summed E-state index contributed by atoms with van der Waals surface area (Å²) < 4.78 is 62.4.